The number of hydrogen-bond donors (Lipinski definition) is 2. The number of ether oxygens (including phenoxy) is 2. The van der Waals surface area contributed by atoms with Crippen LogP contribution in [0.1, 0.15) is 41.7 Å². The van der Waals surface area contributed by atoms with E-state index < -0.39 is 0 Å². The fourth-order valence-corrected chi connectivity index (χ4v) is 2.38. The van der Waals surface area contributed by atoms with Gasteiger partial charge in [0.05, 0.1) is 13.7 Å². The summed E-state index contributed by atoms with van der Waals surface area (Å²) in [6, 6.07) is 14.6. The number of carbonyl (C=O) groups is 1. The molecular formula is C20H26N2O3. The standard InChI is InChI=1S/C20H26N2O3/c1-3-4-12-25-18-11-10-16(13-19(18)24-2)20(23)22-14-17(21)15-8-6-5-7-9-15/h5-11,13,17H,3-4,12,14,21H2,1-2H3,(H,22,23). The van der Waals surface area contributed by atoms with Gasteiger partial charge >= 0.3 is 0 Å². The van der Waals surface area contributed by atoms with Gasteiger partial charge in [-0.3, -0.25) is 4.79 Å². The zero-order valence-electron chi connectivity index (χ0n) is 14.8. The number of benzene rings is 2. The smallest absolute Gasteiger partial charge is 0.251 e. The highest BCUT2D eigenvalue weighted by Gasteiger charge is 2.13. The molecule has 5 nitrogen and oxygen atoms in total. The van der Waals surface area contributed by atoms with Crippen molar-refractivity contribution in [3.63, 3.8) is 0 Å². The first-order valence-corrected chi connectivity index (χ1v) is 8.55. The summed E-state index contributed by atoms with van der Waals surface area (Å²) in [4.78, 5) is 12.4. The number of amides is 1. The van der Waals surface area contributed by atoms with Gasteiger partial charge in [0.1, 0.15) is 0 Å². The molecule has 0 saturated heterocycles. The molecule has 1 atom stereocenters. The minimum absolute atomic E-state index is 0.190. The molecule has 2 rings (SSSR count). The lowest BCUT2D eigenvalue weighted by Gasteiger charge is -2.14. The summed E-state index contributed by atoms with van der Waals surface area (Å²) in [5.74, 6) is 1.01. The average Bonchev–Trinajstić information content (AvgIpc) is 2.66. The van der Waals surface area contributed by atoms with E-state index in [1.165, 1.54) is 0 Å². The Balaban J connectivity index is 1.96. The first kappa shape index (κ1) is 18.8. The number of nitrogens with two attached hydrogens (primary N) is 1. The van der Waals surface area contributed by atoms with Crippen LogP contribution in [0.15, 0.2) is 48.5 Å². The SMILES string of the molecule is CCCCOc1ccc(C(=O)NCC(N)c2ccccc2)cc1OC. The van der Waals surface area contributed by atoms with Crippen molar-refractivity contribution >= 4 is 5.91 Å². The Labute approximate surface area is 149 Å². The maximum absolute atomic E-state index is 12.4. The minimum atomic E-state index is -0.247. The molecule has 25 heavy (non-hydrogen) atoms. The molecule has 0 saturated carbocycles. The second kappa shape index (κ2) is 9.69. The third-order valence-electron chi connectivity index (χ3n) is 3.89. The Hall–Kier alpha value is -2.53. The van der Waals surface area contributed by atoms with E-state index in [2.05, 4.69) is 12.2 Å². The van der Waals surface area contributed by atoms with E-state index in [9.17, 15) is 4.79 Å². The number of rotatable bonds is 9. The van der Waals surface area contributed by atoms with Crippen molar-refractivity contribution in [3.05, 3.63) is 59.7 Å². The topological polar surface area (TPSA) is 73.6 Å². The second-order valence-corrected chi connectivity index (χ2v) is 5.79. The number of nitrogens with one attached hydrogen (secondary N) is 1. The number of unbranched alkanes of at least 4 members (excludes halogenated alkanes) is 1. The molecule has 0 aliphatic heterocycles. The molecule has 5 heteroatoms. The summed E-state index contributed by atoms with van der Waals surface area (Å²) in [7, 11) is 1.56. The number of methoxy groups -OCH3 is 1. The zero-order chi connectivity index (χ0) is 18.1. The monoisotopic (exact) mass is 342 g/mol. The molecule has 1 amide bonds. The summed E-state index contributed by atoms with van der Waals surface area (Å²) < 4.78 is 11.0. The van der Waals surface area contributed by atoms with E-state index in [0.717, 1.165) is 18.4 Å². The van der Waals surface area contributed by atoms with E-state index in [0.29, 0.717) is 30.2 Å². The van der Waals surface area contributed by atoms with Gasteiger partial charge in [0.2, 0.25) is 0 Å². The Kier molecular flexibility index (Phi) is 7.29. The maximum Gasteiger partial charge on any atom is 0.251 e. The Bertz CT molecular complexity index is 674. The number of hydrogen-bond acceptors (Lipinski definition) is 4. The average molecular weight is 342 g/mol. The summed E-state index contributed by atoms with van der Waals surface area (Å²) in [5.41, 5.74) is 7.61. The molecule has 2 aromatic carbocycles. The maximum atomic E-state index is 12.4. The van der Waals surface area contributed by atoms with Crippen LogP contribution in [0.4, 0.5) is 0 Å². The highest BCUT2D eigenvalue weighted by atomic mass is 16.5. The van der Waals surface area contributed by atoms with Gasteiger partial charge < -0.3 is 20.5 Å². The van der Waals surface area contributed by atoms with Crippen molar-refractivity contribution in [3.8, 4) is 11.5 Å². The van der Waals surface area contributed by atoms with Gasteiger partial charge in [-0.1, -0.05) is 43.7 Å². The van der Waals surface area contributed by atoms with Gasteiger partial charge in [-0.2, -0.15) is 0 Å². The largest absolute Gasteiger partial charge is 0.493 e. The van der Waals surface area contributed by atoms with Gasteiger partial charge in [-0.25, -0.2) is 0 Å². The molecule has 0 aliphatic rings. The van der Waals surface area contributed by atoms with Crippen molar-refractivity contribution in [1.29, 1.82) is 0 Å². The van der Waals surface area contributed by atoms with Crippen molar-refractivity contribution in [2.75, 3.05) is 20.3 Å². The molecule has 134 valence electrons. The van der Waals surface area contributed by atoms with Crippen LogP contribution < -0.4 is 20.5 Å². The van der Waals surface area contributed by atoms with E-state index >= 15 is 0 Å². The quantitative estimate of drug-likeness (QED) is 0.686. The van der Waals surface area contributed by atoms with Gasteiger partial charge in [0.15, 0.2) is 11.5 Å². The fourth-order valence-electron chi connectivity index (χ4n) is 2.38. The lowest BCUT2D eigenvalue weighted by Crippen LogP contribution is -2.31. The molecule has 0 spiro atoms. The number of carbonyl (C=O) groups excluding carboxylic acids is 1. The first-order chi connectivity index (χ1) is 12.2. The summed E-state index contributed by atoms with van der Waals surface area (Å²) in [6.07, 6.45) is 2.03. The van der Waals surface area contributed by atoms with Crippen LogP contribution >= 0.6 is 0 Å². The van der Waals surface area contributed by atoms with Crippen LogP contribution in [0, 0.1) is 0 Å². The first-order valence-electron chi connectivity index (χ1n) is 8.55. The van der Waals surface area contributed by atoms with Gasteiger partial charge in [-0.05, 0) is 30.2 Å². The molecule has 0 radical (unpaired) electrons. The lowest BCUT2D eigenvalue weighted by atomic mass is 10.1. The molecule has 0 heterocycles. The molecule has 3 N–H and O–H groups in total. The fraction of sp³-hybridized carbons (Fsp3) is 0.350. The van der Waals surface area contributed by atoms with Crippen molar-refractivity contribution in [2.45, 2.75) is 25.8 Å². The molecule has 0 bridgehead atoms. The van der Waals surface area contributed by atoms with Crippen LogP contribution in [0.2, 0.25) is 0 Å². The van der Waals surface area contributed by atoms with Crippen molar-refractivity contribution in [2.24, 2.45) is 5.73 Å². The van der Waals surface area contributed by atoms with Gasteiger partial charge in [0, 0.05) is 18.2 Å². The van der Waals surface area contributed by atoms with Crippen LogP contribution in [0.25, 0.3) is 0 Å². The van der Waals surface area contributed by atoms with Gasteiger partial charge in [-0.15, -0.1) is 0 Å². The second-order valence-electron chi connectivity index (χ2n) is 5.79. The van der Waals surface area contributed by atoms with Crippen molar-refractivity contribution < 1.29 is 14.3 Å². The molecule has 2 aromatic rings. The molecular weight excluding hydrogens is 316 g/mol. The highest BCUT2D eigenvalue weighted by Crippen LogP contribution is 2.28. The summed E-state index contributed by atoms with van der Waals surface area (Å²) in [5, 5.41) is 2.86. The molecule has 0 aromatic heterocycles. The Morgan fingerprint density at radius 2 is 1.92 bits per heavy atom. The molecule has 0 fully saturated rings. The predicted molar refractivity (Wildman–Crippen MR) is 99.1 cm³/mol. The third kappa shape index (κ3) is 5.50. The molecule has 1 unspecified atom stereocenters. The third-order valence-corrected chi connectivity index (χ3v) is 3.89. The normalized spacial score (nSPS) is 11.6. The Morgan fingerprint density at radius 3 is 2.60 bits per heavy atom. The minimum Gasteiger partial charge on any atom is -0.493 e. The van der Waals surface area contributed by atoms with Crippen molar-refractivity contribution in [1.82, 2.24) is 5.32 Å². The summed E-state index contributed by atoms with van der Waals surface area (Å²) >= 11 is 0. The highest BCUT2D eigenvalue weighted by molar-refractivity contribution is 5.94. The van der Waals surface area contributed by atoms with E-state index in [1.807, 2.05) is 30.3 Å². The van der Waals surface area contributed by atoms with Crippen LogP contribution in [0.3, 0.4) is 0 Å². The van der Waals surface area contributed by atoms with Gasteiger partial charge in [0.25, 0.3) is 5.91 Å². The molecule has 0 aliphatic carbocycles. The zero-order valence-corrected chi connectivity index (χ0v) is 14.8. The van der Waals surface area contributed by atoms with E-state index in [4.69, 9.17) is 15.2 Å². The summed E-state index contributed by atoms with van der Waals surface area (Å²) in [6.45, 7) is 3.10. The van der Waals surface area contributed by atoms with Crippen LogP contribution in [-0.2, 0) is 0 Å². The van der Waals surface area contributed by atoms with Crippen LogP contribution in [-0.4, -0.2) is 26.2 Å². The Morgan fingerprint density at radius 1 is 1.16 bits per heavy atom. The van der Waals surface area contributed by atoms with E-state index in [-0.39, 0.29) is 11.9 Å². The predicted octanol–water partition coefficient (Wildman–Crippen LogP) is 3.30. The van der Waals surface area contributed by atoms with E-state index in [1.54, 1.807) is 25.3 Å². The lowest BCUT2D eigenvalue weighted by molar-refractivity contribution is 0.0951. The van der Waals surface area contributed by atoms with Crippen LogP contribution in [0.5, 0.6) is 11.5 Å².